The lowest BCUT2D eigenvalue weighted by molar-refractivity contribution is -0.137. The minimum Gasteiger partial charge on any atom is -0.378 e. The molecule has 0 radical (unpaired) electrons. The number of benzene rings is 1. The molecule has 4 nitrogen and oxygen atoms in total. The molecule has 0 aromatic heterocycles. The Morgan fingerprint density at radius 1 is 1.11 bits per heavy atom. The Kier molecular flexibility index (Phi) is 8.15. The molecule has 1 aromatic carbocycles. The van der Waals surface area contributed by atoms with Crippen LogP contribution in [0.2, 0.25) is 0 Å². The second-order valence-corrected chi connectivity index (χ2v) is 9.53. The van der Waals surface area contributed by atoms with Crippen LogP contribution < -0.4 is 0 Å². The molecule has 2 rings (SSSR count). The second-order valence-electron chi connectivity index (χ2n) is 6.74. The Morgan fingerprint density at radius 3 is 2.22 bits per heavy atom. The fourth-order valence-electron chi connectivity index (χ4n) is 3.20. The Morgan fingerprint density at radius 2 is 1.70 bits per heavy atom. The van der Waals surface area contributed by atoms with Gasteiger partial charge in [-0.25, -0.2) is 8.42 Å². The first-order valence-corrected chi connectivity index (χ1v) is 11.5. The zero-order valence-corrected chi connectivity index (χ0v) is 17.6. The fraction of sp³-hybridized carbons (Fsp3) is 0.667. The van der Waals surface area contributed by atoms with Crippen LogP contribution in [0.5, 0.6) is 0 Å². The molecule has 0 heterocycles. The average molecular weight is 472 g/mol. The van der Waals surface area contributed by atoms with Gasteiger partial charge in [0.25, 0.3) is 0 Å². The molecule has 1 fully saturated rings. The average Bonchev–Trinajstić information content (AvgIpc) is 2.64. The fourth-order valence-corrected chi connectivity index (χ4v) is 5.01. The van der Waals surface area contributed by atoms with Crippen molar-refractivity contribution in [1.82, 2.24) is 4.31 Å². The molecule has 0 amide bonds. The molecule has 0 unspecified atom stereocenters. The summed E-state index contributed by atoms with van der Waals surface area (Å²) in [6.45, 7) is 0.709. The lowest BCUT2D eigenvalue weighted by Crippen LogP contribution is -2.40. The summed E-state index contributed by atoms with van der Waals surface area (Å²) >= 11 is 3.38. The van der Waals surface area contributed by atoms with Gasteiger partial charge in [-0.3, -0.25) is 0 Å². The largest absolute Gasteiger partial charge is 0.416 e. The Labute approximate surface area is 167 Å². The van der Waals surface area contributed by atoms with Crippen molar-refractivity contribution in [2.45, 2.75) is 61.7 Å². The summed E-state index contributed by atoms with van der Waals surface area (Å²) in [6.07, 6.45) is 0.646. The molecule has 0 saturated heterocycles. The summed E-state index contributed by atoms with van der Waals surface area (Å²) < 4.78 is 70.6. The first-order chi connectivity index (χ1) is 12.7. The van der Waals surface area contributed by atoms with E-state index in [1.807, 2.05) is 0 Å². The molecule has 0 spiro atoms. The van der Waals surface area contributed by atoms with E-state index in [9.17, 15) is 21.6 Å². The van der Waals surface area contributed by atoms with Crippen molar-refractivity contribution in [3.05, 3.63) is 29.8 Å². The number of hydrogen-bond acceptors (Lipinski definition) is 3. The number of unbranched alkanes of at least 4 members (excludes halogenated alkanes) is 1. The van der Waals surface area contributed by atoms with E-state index in [-0.39, 0.29) is 17.0 Å². The van der Waals surface area contributed by atoms with Crippen molar-refractivity contribution in [1.29, 1.82) is 0 Å². The summed E-state index contributed by atoms with van der Waals surface area (Å²) in [5.41, 5.74) is -0.860. The smallest absolute Gasteiger partial charge is 0.378 e. The number of alkyl halides is 4. The van der Waals surface area contributed by atoms with Crippen molar-refractivity contribution in [2.24, 2.45) is 0 Å². The summed E-state index contributed by atoms with van der Waals surface area (Å²) in [7, 11) is -2.33. The maximum atomic E-state index is 12.7. The molecule has 1 aliphatic rings. The van der Waals surface area contributed by atoms with Gasteiger partial charge < -0.3 is 4.74 Å². The summed E-state index contributed by atoms with van der Waals surface area (Å²) in [6, 6.07) is 3.48. The van der Waals surface area contributed by atoms with E-state index >= 15 is 0 Å². The second kappa shape index (κ2) is 9.71. The van der Waals surface area contributed by atoms with Crippen molar-refractivity contribution < 1.29 is 26.3 Å². The standard InChI is InChI=1S/C18H25BrF3NO3S/c1-23(15-6-8-16(9-7-15)26-13-3-2-12-19)27(24,25)17-10-4-14(5-11-17)18(20,21)22/h4-5,10-11,15-16H,2-3,6-9,12-13H2,1H3/t15-,16-. The molecule has 1 aliphatic carbocycles. The van der Waals surface area contributed by atoms with Crippen LogP contribution in [-0.2, 0) is 20.9 Å². The van der Waals surface area contributed by atoms with Gasteiger partial charge in [0.1, 0.15) is 0 Å². The Hall–Kier alpha value is -0.640. The zero-order valence-electron chi connectivity index (χ0n) is 15.2. The van der Waals surface area contributed by atoms with E-state index < -0.39 is 21.8 Å². The quantitative estimate of drug-likeness (QED) is 0.402. The van der Waals surface area contributed by atoms with Crippen LogP contribution in [0.1, 0.15) is 44.1 Å². The highest BCUT2D eigenvalue weighted by molar-refractivity contribution is 9.09. The van der Waals surface area contributed by atoms with Crippen LogP contribution in [-0.4, -0.2) is 43.9 Å². The van der Waals surface area contributed by atoms with Crippen LogP contribution in [0.4, 0.5) is 13.2 Å². The first kappa shape index (κ1) is 22.6. The summed E-state index contributed by atoms with van der Waals surface area (Å²) in [4.78, 5) is -0.119. The zero-order chi connectivity index (χ0) is 20.1. The number of sulfonamides is 1. The van der Waals surface area contributed by atoms with E-state index in [1.54, 1.807) is 0 Å². The van der Waals surface area contributed by atoms with E-state index in [4.69, 9.17) is 4.74 Å². The maximum Gasteiger partial charge on any atom is 0.416 e. The molecule has 0 atom stereocenters. The number of halogens is 4. The van der Waals surface area contributed by atoms with Gasteiger partial charge in [-0.15, -0.1) is 0 Å². The van der Waals surface area contributed by atoms with Crippen LogP contribution in [0.3, 0.4) is 0 Å². The highest BCUT2D eigenvalue weighted by atomic mass is 79.9. The highest BCUT2D eigenvalue weighted by Crippen LogP contribution is 2.32. The number of rotatable bonds is 8. The lowest BCUT2D eigenvalue weighted by Gasteiger charge is -2.34. The van der Waals surface area contributed by atoms with Gasteiger partial charge in [-0.1, -0.05) is 15.9 Å². The molecule has 0 N–H and O–H groups in total. The van der Waals surface area contributed by atoms with Crippen LogP contribution in [0.25, 0.3) is 0 Å². The molecule has 1 saturated carbocycles. The molecule has 154 valence electrons. The third-order valence-electron chi connectivity index (χ3n) is 4.90. The third-order valence-corrected chi connectivity index (χ3v) is 7.38. The van der Waals surface area contributed by atoms with E-state index in [2.05, 4.69) is 15.9 Å². The minimum absolute atomic E-state index is 0.119. The van der Waals surface area contributed by atoms with Gasteiger partial charge in [0.2, 0.25) is 10.0 Å². The van der Waals surface area contributed by atoms with Crippen molar-refractivity contribution >= 4 is 26.0 Å². The van der Waals surface area contributed by atoms with Crippen molar-refractivity contribution in [3.63, 3.8) is 0 Å². The van der Waals surface area contributed by atoms with Gasteiger partial charge in [-0.05, 0) is 62.8 Å². The van der Waals surface area contributed by atoms with E-state index in [1.165, 1.54) is 11.4 Å². The third kappa shape index (κ3) is 6.17. The molecule has 1 aromatic rings. The number of nitrogens with zero attached hydrogens (tertiary/aromatic N) is 1. The summed E-state index contributed by atoms with van der Waals surface area (Å²) in [5.74, 6) is 0. The predicted octanol–water partition coefficient (Wildman–Crippen LogP) is 4.83. The lowest BCUT2D eigenvalue weighted by atomic mass is 9.93. The molecule has 0 bridgehead atoms. The van der Waals surface area contributed by atoms with Crippen LogP contribution in [0.15, 0.2) is 29.2 Å². The molecular weight excluding hydrogens is 447 g/mol. The normalized spacial score (nSPS) is 21.6. The van der Waals surface area contributed by atoms with Gasteiger partial charge in [0.15, 0.2) is 0 Å². The van der Waals surface area contributed by atoms with E-state index in [0.717, 1.165) is 55.3 Å². The number of hydrogen-bond donors (Lipinski definition) is 0. The Bertz CT molecular complexity index is 687. The minimum atomic E-state index is -4.49. The maximum absolute atomic E-state index is 12.7. The molecule has 0 aliphatic heterocycles. The van der Waals surface area contributed by atoms with Gasteiger partial charge in [-0.2, -0.15) is 17.5 Å². The topological polar surface area (TPSA) is 46.6 Å². The van der Waals surface area contributed by atoms with Gasteiger partial charge in [0.05, 0.1) is 16.6 Å². The van der Waals surface area contributed by atoms with Crippen LogP contribution in [0, 0.1) is 0 Å². The predicted molar refractivity (Wildman–Crippen MR) is 101 cm³/mol. The Balaban J connectivity index is 1.94. The van der Waals surface area contributed by atoms with Crippen LogP contribution >= 0.6 is 15.9 Å². The van der Waals surface area contributed by atoms with Crippen molar-refractivity contribution in [2.75, 3.05) is 19.0 Å². The summed E-state index contributed by atoms with van der Waals surface area (Å²) in [5, 5.41) is 0.954. The molecule has 27 heavy (non-hydrogen) atoms. The number of ether oxygens (including phenoxy) is 1. The highest BCUT2D eigenvalue weighted by Gasteiger charge is 2.33. The first-order valence-electron chi connectivity index (χ1n) is 8.99. The SMILES string of the molecule is CN([C@H]1CC[C@H](OCCCCBr)CC1)S(=O)(=O)c1ccc(C(F)(F)F)cc1. The van der Waals surface area contributed by atoms with Gasteiger partial charge in [0, 0.05) is 25.0 Å². The van der Waals surface area contributed by atoms with E-state index in [0.29, 0.717) is 19.4 Å². The monoisotopic (exact) mass is 471 g/mol. The molecular formula is C18H25BrF3NO3S. The molecule has 9 heteroatoms. The van der Waals surface area contributed by atoms with Gasteiger partial charge >= 0.3 is 6.18 Å². The van der Waals surface area contributed by atoms with Crippen molar-refractivity contribution in [3.8, 4) is 0 Å².